The highest BCUT2D eigenvalue weighted by molar-refractivity contribution is 7.92. The number of nitrogens with one attached hydrogen (secondary N) is 1. The number of carbonyl (C=O) groups is 1. The van der Waals surface area contributed by atoms with Crippen molar-refractivity contribution >= 4 is 59.8 Å². The van der Waals surface area contributed by atoms with Crippen LogP contribution in [0.5, 0.6) is 5.75 Å². The van der Waals surface area contributed by atoms with E-state index >= 15 is 0 Å². The molecule has 12 heteroatoms. The fourth-order valence-corrected chi connectivity index (χ4v) is 5.53. The van der Waals surface area contributed by atoms with Gasteiger partial charge >= 0.3 is 5.97 Å². The van der Waals surface area contributed by atoms with Gasteiger partial charge in [0.15, 0.2) is 9.84 Å². The molecule has 10 nitrogen and oxygen atoms in total. The average molecular weight is 558 g/mol. The van der Waals surface area contributed by atoms with E-state index in [0.29, 0.717) is 16.7 Å². The zero-order valence-corrected chi connectivity index (χ0v) is 23.5. The molecule has 1 atom stereocenters. The third kappa shape index (κ3) is 5.71. The Hall–Kier alpha value is -3.35. The number of esters is 1. The number of rotatable bonds is 9. The summed E-state index contributed by atoms with van der Waals surface area (Å²) in [5.41, 5.74) is 9.68. The molecule has 3 N–H and O–H groups in total. The maximum Gasteiger partial charge on any atom is 0.323 e. The van der Waals surface area contributed by atoms with Crippen LogP contribution in [0.2, 0.25) is 0 Å². The predicted octanol–water partition coefficient (Wildman–Crippen LogP) is 4.46. The third-order valence-corrected chi connectivity index (χ3v) is 9.29. The fraction of sp³-hybridized carbons (Fsp3) is 0.385. The van der Waals surface area contributed by atoms with Gasteiger partial charge in [0, 0.05) is 17.1 Å². The highest BCUT2D eigenvalue weighted by Gasteiger charge is 2.34. The minimum absolute atomic E-state index is 0.00416. The summed E-state index contributed by atoms with van der Waals surface area (Å²) in [5.74, 6) is -0.0504. The molecule has 0 amide bonds. The first kappa shape index (κ1) is 27.7. The van der Waals surface area contributed by atoms with E-state index < -0.39 is 26.6 Å². The zero-order valence-electron chi connectivity index (χ0n) is 21.9. The Kier molecular flexibility index (Phi) is 7.86. The van der Waals surface area contributed by atoms with Crippen molar-refractivity contribution in [3.63, 3.8) is 0 Å². The van der Waals surface area contributed by atoms with Crippen molar-refractivity contribution in [2.24, 2.45) is 11.7 Å². The van der Waals surface area contributed by atoms with E-state index in [4.69, 9.17) is 15.2 Å². The molecule has 2 heterocycles. The van der Waals surface area contributed by atoms with Crippen LogP contribution >= 0.6 is 11.3 Å². The largest absolute Gasteiger partial charge is 0.489 e. The lowest BCUT2D eigenvalue weighted by Gasteiger charge is -2.22. The minimum Gasteiger partial charge on any atom is -0.489 e. The second-order valence-corrected chi connectivity index (χ2v) is 13.7. The van der Waals surface area contributed by atoms with E-state index in [9.17, 15) is 13.2 Å². The van der Waals surface area contributed by atoms with Crippen LogP contribution in [-0.2, 0) is 19.4 Å². The van der Waals surface area contributed by atoms with Crippen LogP contribution in [0.4, 0.5) is 11.5 Å². The highest BCUT2D eigenvalue weighted by Crippen LogP contribution is 2.37. The molecule has 38 heavy (non-hydrogen) atoms. The molecule has 0 saturated heterocycles. The van der Waals surface area contributed by atoms with E-state index in [1.54, 1.807) is 43.7 Å². The number of hydrogen-bond acceptors (Lipinski definition) is 11. The van der Waals surface area contributed by atoms with Gasteiger partial charge in [0.2, 0.25) is 0 Å². The van der Waals surface area contributed by atoms with Crippen molar-refractivity contribution in [2.75, 3.05) is 18.5 Å². The molecule has 0 unspecified atom stereocenters. The number of thiazole rings is 1. The summed E-state index contributed by atoms with van der Waals surface area (Å²) in [6.07, 6.45) is 1.39. The van der Waals surface area contributed by atoms with E-state index in [0.717, 1.165) is 15.9 Å². The average Bonchev–Trinajstić information content (AvgIpc) is 3.33. The lowest BCUT2D eigenvalue weighted by molar-refractivity contribution is -0.147. The van der Waals surface area contributed by atoms with Crippen LogP contribution < -0.4 is 15.8 Å². The second-order valence-electron chi connectivity index (χ2n) is 10.1. The molecule has 0 aliphatic heterocycles. The summed E-state index contributed by atoms with van der Waals surface area (Å²) >= 11 is 1.55. The lowest BCUT2D eigenvalue weighted by atomic mass is 10.1. The number of ether oxygens (including phenoxy) is 2. The zero-order chi connectivity index (χ0) is 27.7. The van der Waals surface area contributed by atoms with Crippen LogP contribution in [0.25, 0.3) is 21.1 Å². The van der Waals surface area contributed by atoms with Crippen LogP contribution in [-0.4, -0.2) is 53.3 Å². The first-order valence-electron chi connectivity index (χ1n) is 12.1. The van der Waals surface area contributed by atoms with Gasteiger partial charge in [-0.25, -0.2) is 23.4 Å². The summed E-state index contributed by atoms with van der Waals surface area (Å²) in [6.45, 7) is 8.37. The van der Waals surface area contributed by atoms with Crippen molar-refractivity contribution in [3.05, 3.63) is 42.2 Å². The molecule has 0 fully saturated rings. The molecular formula is C26H31N5O5S2. The highest BCUT2D eigenvalue weighted by atomic mass is 32.2. The lowest BCUT2D eigenvalue weighted by Crippen LogP contribution is -2.37. The van der Waals surface area contributed by atoms with Crippen molar-refractivity contribution < 1.29 is 22.7 Å². The maximum absolute atomic E-state index is 13.6. The Bertz CT molecular complexity index is 1580. The van der Waals surface area contributed by atoms with E-state index in [1.807, 2.05) is 32.0 Å². The van der Waals surface area contributed by atoms with Crippen LogP contribution in [0.15, 0.2) is 47.1 Å². The normalized spacial score (nSPS) is 13.1. The fourth-order valence-electron chi connectivity index (χ4n) is 3.55. The van der Waals surface area contributed by atoms with Gasteiger partial charge in [0.1, 0.15) is 42.0 Å². The Morgan fingerprint density at radius 1 is 1.08 bits per heavy atom. The summed E-state index contributed by atoms with van der Waals surface area (Å²) in [6, 6.07) is 8.11. The molecule has 2 aromatic carbocycles. The Labute approximate surface area is 225 Å². The van der Waals surface area contributed by atoms with Crippen molar-refractivity contribution in [1.29, 1.82) is 0 Å². The van der Waals surface area contributed by atoms with Gasteiger partial charge in [-0.3, -0.25) is 4.79 Å². The third-order valence-electron chi connectivity index (χ3n) is 5.97. The molecule has 0 aliphatic carbocycles. The molecular weight excluding hydrogens is 526 g/mol. The van der Waals surface area contributed by atoms with Gasteiger partial charge in [-0.1, -0.05) is 13.8 Å². The van der Waals surface area contributed by atoms with E-state index in [2.05, 4.69) is 20.3 Å². The van der Waals surface area contributed by atoms with Gasteiger partial charge in [-0.05, 0) is 51.0 Å². The monoisotopic (exact) mass is 557 g/mol. The van der Waals surface area contributed by atoms with Crippen molar-refractivity contribution in [1.82, 2.24) is 15.0 Å². The Balaban J connectivity index is 1.67. The molecule has 0 aliphatic rings. The predicted molar refractivity (Wildman–Crippen MR) is 149 cm³/mol. The number of hydrogen-bond donors (Lipinski definition) is 2. The number of benzene rings is 2. The number of sulfone groups is 1. The van der Waals surface area contributed by atoms with Gasteiger partial charge in [-0.15, -0.1) is 11.3 Å². The number of fused-ring (bicyclic) bond motifs is 2. The van der Waals surface area contributed by atoms with E-state index in [1.165, 1.54) is 12.4 Å². The number of nitrogens with zero attached hydrogens (tertiary/aromatic N) is 3. The first-order chi connectivity index (χ1) is 17.9. The van der Waals surface area contributed by atoms with Crippen molar-refractivity contribution in [2.45, 2.75) is 50.3 Å². The summed E-state index contributed by atoms with van der Waals surface area (Å²) in [4.78, 5) is 25.1. The second kappa shape index (κ2) is 10.8. The minimum atomic E-state index is -3.83. The number of anilines is 2. The molecule has 202 valence electrons. The number of carbonyl (C=O) groups excluding carboxylic acids is 1. The molecule has 4 aromatic rings. The topological polar surface area (TPSA) is 146 Å². The molecule has 0 bridgehead atoms. The standard InChI is InChI=1S/C26H31N5O5S2/c1-15(2)23(27)25(32)36-9-8-35-20-12-18-17(11-22(20)38(33,34)26(3,4)5)24(29-13-28-18)31-16-6-7-21-19(10-16)30-14-37-21/h6-7,10-15,23H,8-9,27H2,1-5H3,(H,28,29,31)/t23-/m1/s1. The van der Waals surface area contributed by atoms with Gasteiger partial charge < -0.3 is 20.5 Å². The summed E-state index contributed by atoms with van der Waals surface area (Å²) in [7, 11) is -3.83. The molecule has 0 radical (unpaired) electrons. The van der Waals surface area contributed by atoms with Gasteiger partial charge in [-0.2, -0.15) is 0 Å². The molecule has 0 spiro atoms. The molecule has 0 saturated carbocycles. The van der Waals surface area contributed by atoms with Crippen LogP contribution in [0.3, 0.4) is 0 Å². The summed E-state index contributed by atoms with van der Waals surface area (Å²) < 4.78 is 38.1. The maximum atomic E-state index is 13.6. The number of aromatic nitrogens is 3. The molecule has 2 aromatic heterocycles. The summed E-state index contributed by atoms with van der Waals surface area (Å²) in [5, 5.41) is 3.77. The van der Waals surface area contributed by atoms with Crippen LogP contribution in [0, 0.1) is 5.92 Å². The SMILES string of the molecule is CC(C)[C@@H](N)C(=O)OCCOc1cc2ncnc(Nc3ccc4scnc4c3)c2cc1S(=O)(=O)C(C)(C)C. The quantitative estimate of drug-likeness (QED) is 0.223. The smallest absolute Gasteiger partial charge is 0.323 e. The van der Waals surface area contributed by atoms with Crippen molar-refractivity contribution in [3.8, 4) is 5.75 Å². The number of nitrogens with two attached hydrogens (primary N) is 1. The van der Waals surface area contributed by atoms with Gasteiger partial charge in [0.05, 0.1) is 26.0 Å². The van der Waals surface area contributed by atoms with Gasteiger partial charge in [0.25, 0.3) is 0 Å². The Morgan fingerprint density at radius 3 is 2.55 bits per heavy atom. The van der Waals surface area contributed by atoms with Crippen LogP contribution in [0.1, 0.15) is 34.6 Å². The molecule has 4 rings (SSSR count). The van der Waals surface area contributed by atoms with E-state index in [-0.39, 0.29) is 29.8 Å². The first-order valence-corrected chi connectivity index (χ1v) is 14.4. The Morgan fingerprint density at radius 2 is 1.84 bits per heavy atom.